The van der Waals surface area contributed by atoms with E-state index in [1.54, 1.807) is 0 Å². The molecular formula is C10H12BrN5O. The van der Waals surface area contributed by atoms with Crippen LogP contribution in [0.4, 0.5) is 0 Å². The van der Waals surface area contributed by atoms with Crippen molar-refractivity contribution in [2.75, 3.05) is 0 Å². The zero-order valence-electron chi connectivity index (χ0n) is 9.57. The number of rotatable bonds is 4. The van der Waals surface area contributed by atoms with Crippen LogP contribution in [0.3, 0.4) is 0 Å². The van der Waals surface area contributed by atoms with Crippen molar-refractivity contribution in [3.05, 3.63) is 28.0 Å². The van der Waals surface area contributed by atoms with E-state index in [0.717, 1.165) is 22.4 Å². The van der Waals surface area contributed by atoms with E-state index < -0.39 is 0 Å². The average Bonchev–Trinajstić information content (AvgIpc) is 2.92. The van der Waals surface area contributed by atoms with E-state index in [2.05, 4.69) is 36.2 Å². The number of ketones is 1. The highest BCUT2D eigenvalue weighted by atomic mass is 79.9. The van der Waals surface area contributed by atoms with Crippen molar-refractivity contribution in [3.63, 3.8) is 0 Å². The van der Waals surface area contributed by atoms with Gasteiger partial charge in [0.05, 0.1) is 22.3 Å². The van der Waals surface area contributed by atoms with Gasteiger partial charge >= 0.3 is 0 Å². The number of carbonyl (C=O) groups is 1. The maximum Gasteiger partial charge on any atom is 0.205 e. The van der Waals surface area contributed by atoms with Crippen molar-refractivity contribution in [1.29, 1.82) is 0 Å². The summed E-state index contributed by atoms with van der Waals surface area (Å²) in [7, 11) is 0. The molecule has 0 fully saturated rings. The number of aromatic amines is 1. The summed E-state index contributed by atoms with van der Waals surface area (Å²) in [6, 6.07) is 0. The molecule has 2 rings (SSSR count). The molecule has 17 heavy (non-hydrogen) atoms. The molecule has 2 heterocycles. The number of aryl methyl sites for hydroxylation is 2. The van der Waals surface area contributed by atoms with E-state index in [1.165, 1.54) is 6.33 Å². The highest BCUT2D eigenvalue weighted by Gasteiger charge is 2.17. The molecule has 0 aromatic carbocycles. The zero-order chi connectivity index (χ0) is 12.4. The molecule has 90 valence electrons. The Morgan fingerprint density at radius 1 is 1.59 bits per heavy atom. The monoisotopic (exact) mass is 297 g/mol. The second-order valence-corrected chi connectivity index (χ2v) is 4.39. The fraction of sp³-hybridized carbons (Fsp3) is 0.400. The van der Waals surface area contributed by atoms with E-state index in [4.69, 9.17) is 0 Å². The van der Waals surface area contributed by atoms with Crippen LogP contribution in [0.15, 0.2) is 10.8 Å². The number of hydrogen-bond acceptors (Lipinski definition) is 4. The molecule has 0 amide bonds. The van der Waals surface area contributed by atoms with Gasteiger partial charge < -0.3 is 0 Å². The molecule has 1 N–H and O–H groups in total. The number of aromatic nitrogens is 5. The number of hydrogen-bond donors (Lipinski definition) is 1. The Balaban J connectivity index is 2.27. The van der Waals surface area contributed by atoms with Gasteiger partial charge in [-0.3, -0.25) is 14.6 Å². The molecule has 0 radical (unpaired) electrons. The molecule has 2 aromatic heterocycles. The van der Waals surface area contributed by atoms with Crippen LogP contribution in [0.1, 0.15) is 28.9 Å². The Bertz CT molecular complexity index is 531. The third-order valence-corrected chi connectivity index (χ3v) is 3.49. The first-order chi connectivity index (χ1) is 8.13. The lowest BCUT2D eigenvalue weighted by Crippen LogP contribution is -2.11. The number of halogens is 1. The van der Waals surface area contributed by atoms with Gasteiger partial charge in [-0.15, -0.1) is 0 Å². The van der Waals surface area contributed by atoms with Gasteiger partial charge in [0.1, 0.15) is 6.33 Å². The lowest BCUT2D eigenvalue weighted by atomic mass is 10.2. The molecule has 0 saturated carbocycles. The minimum atomic E-state index is -0.0993. The second kappa shape index (κ2) is 4.79. The van der Waals surface area contributed by atoms with Crippen LogP contribution < -0.4 is 0 Å². The van der Waals surface area contributed by atoms with Crippen molar-refractivity contribution in [3.8, 4) is 0 Å². The van der Waals surface area contributed by atoms with Gasteiger partial charge in [0.25, 0.3) is 0 Å². The molecule has 0 unspecified atom stereocenters. The summed E-state index contributed by atoms with van der Waals surface area (Å²) in [6.07, 6.45) is 1.58. The van der Waals surface area contributed by atoms with Crippen LogP contribution in [0.2, 0.25) is 0 Å². The van der Waals surface area contributed by atoms with Gasteiger partial charge in [-0.05, 0) is 29.8 Å². The molecule has 7 heteroatoms. The molecule has 0 spiro atoms. The molecule has 0 saturated heterocycles. The predicted molar refractivity (Wildman–Crippen MR) is 64.8 cm³/mol. The van der Waals surface area contributed by atoms with Crippen LogP contribution in [-0.2, 0) is 13.0 Å². The Morgan fingerprint density at radius 2 is 2.35 bits per heavy atom. The summed E-state index contributed by atoms with van der Waals surface area (Å²) in [5.41, 5.74) is 1.75. The Morgan fingerprint density at radius 3 is 2.94 bits per heavy atom. The van der Waals surface area contributed by atoms with E-state index in [1.807, 2.05) is 18.5 Å². The van der Waals surface area contributed by atoms with Crippen LogP contribution in [0.25, 0.3) is 0 Å². The molecule has 0 aliphatic rings. The molecule has 0 aliphatic carbocycles. The first-order valence-electron chi connectivity index (χ1n) is 5.23. The highest BCUT2D eigenvalue weighted by molar-refractivity contribution is 9.10. The lowest BCUT2D eigenvalue weighted by molar-refractivity contribution is 0.0981. The molecule has 0 bridgehead atoms. The Kier molecular flexibility index (Phi) is 3.37. The van der Waals surface area contributed by atoms with Gasteiger partial charge in [-0.1, -0.05) is 0 Å². The van der Waals surface area contributed by atoms with Crippen molar-refractivity contribution >= 4 is 21.7 Å². The fourth-order valence-corrected chi connectivity index (χ4v) is 2.04. The molecule has 0 atom stereocenters. The third kappa shape index (κ3) is 2.28. The molecular weight excluding hydrogens is 286 g/mol. The number of Topliss-reactive ketones (excluding diaryl/α,β-unsaturated/α-hetero) is 1. The van der Waals surface area contributed by atoms with Crippen LogP contribution >= 0.6 is 15.9 Å². The van der Waals surface area contributed by atoms with Crippen molar-refractivity contribution in [1.82, 2.24) is 25.0 Å². The van der Waals surface area contributed by atoms with Crippen LogP contribution in [0.5, 0.6) is 0 Å². The Hall–Kier alpha value is -1.50. The summed E-state index contributed by atoms with van der Waals surface area (Å²) in [5.74, 6) is 0.177. The summed E-state index contributed by atoms with van der Waals surface area (Å²) < 4.78 is 2.69. The van der Waals surface area contributed by atoms with E-state index in [-0.39, 0.29) is 18.0 Å². The fourth-order valence-electron chi connectivity index (χ4n) is 1.61. The van der Waals surface area contributed by atoms with Gasteiger partial charge in [0.2, 0.25) is 5.78 Å². The first-order valence-corrected chi connectivity index (χ1v) is 6.03. The lowest BCUT2D eigenvalue weighted by Gasteiger charge is -2.03. The van der Waals surface area contributed by atoms with Crippen molar-refractivity contribution < 1.29 is 4.79 Å². The summed E-state index contributed by atoms with van der Waals surface area (Å²) in [5, 5.41) is 10.6. The minimum Gasteiger partial charge on any atom is -0.290 e. The minimum absolute atomic E-state index is 0.0993. The largest absolute Gasteiger partial charge is 0.290 e. The van der Waals surface area contributed by atoms with Crippen LogP contribution in [-0.4, -0.2) is 30.7 Å². The van der Waals surface area contributed by atoms with Gasteiger partial charge in [-0.25, -0.2) is 4.98 Å². The standard InChI is InChI=1S/C10H12BrN5O/c1-3-16-7(9(11)6(2)15-16)4-8(17)10-12-5-13-14-10/h5H,3-4H2,1-2H3,(H,12,13,14). The maximum absolute atomic E-state index is 11.9. The Labute approximate surface area is 107 Å². The van der Waals surface area contributed by atoms with Gasteiger partial charge in [0, 0.05) is 6.54 Å². The predicted octanol–water partition coefficient (Wildman–Crippen LogP) is 1.52. The quantitative estimate of drug-likeness (QED) is 0.868. The number of carbonyl (C=O) groups excluding carboxylic acids is 1. The van der Waals surface area contributed by atoms with E-state index in [0.29, 0.717) is 0 Å². The molecule has 0 aliphatic heterocycles. The molecule has 2 aromatic rings. The number of nitrogens with zero attached hydrogens (tertiary/aromatic N) is 4. The zero-order valence-corrected chi connectivity index (χ0v) is 11.2. The van der Waals surface area contributed by atoms with Gasteiger partial charge in [-0.2, -0.15) is 10.2 Å². The highest BCUT2D eigenvalue weighted by Crippen LogP contribution is 2.22. The average molecular weight is 298 g/mol. The maximum atomic E-state index is 11.9. The normalized spacial score (nSPS) is 10.8. The van der Waals surface area contributed by atoms with Crippen molar-refractivity contribution in [2.45, 2.75) is 26.8 Å². The SMILES string of the molecule is CCn1nc(C)c(Br)c1CC(=O)c1ncn[nH]1. The summed E-state index contributed by atoms with van der Waals surface area (Å²) in [6.45, 7) is 4.62. The first kappa shape index (κ1) is 12.0. The molecule has 6 nitrogen and oxygen atoms in total. The number of H-pyrrole nitrogens is 1. The van der Waals surface area contributed by atoms with Crippen molar-refractivity contribution in [2.24, 2.45) is 0 Å². The van der Waals surface area contributed by atoms with Crippen LogP contribution in [0, 0.1) is 6.92 Å². The summed E-state index contributed by atoms with van der Waals surface area (Å²) in [4.78, 5) is 15.8. The van der Waals surface area contributed by atoms with E-state index >= 15 is 0 Å². The smallest absolute Gasteiger partial charge is 0.205 e. The van der Waals surface area contributed by atoms with E-state index in [9.17, 15) is 4.79 Å². The summed E-state index contributed by atoms with van der Waals surface area (Å²) >= 11 is 3.45. The third-order valence-electron chi connectivity index (χ3n) is 2.46. The topological polar surface area (TPSA) is 76.5 Å². The van der Waals surface area contributed by atoms with Gasteiger partial charge in [0.15, 0.2) is 5.82 Å². The second-order valence-electron chi connectivity index (χ2n) is 3.60. The number of nitrogens with one attached hydrogen (secondary N) is 1.